The van der Waals surface area contributed by atoms with Gasteiger partial charge >= 0.3 is 5.97 Å². The Morgan fingerprint density at radius 2 is 1.93 bits per heavy atom. The van der Waals surface area contributed by atoms with Crippen LogP contribution in [0, 0.1) is 10.1 Å². The Balaban J connectivity index is 1.72. The van der Waals surface area contributed by atoms with Gasteiger partial charge in [0.2, 0.25) is 0 Å². The summed E-state index contributed by atoms with van der Waals surface area (Å²) >= 11 is 6.12. The van der Waals surface area contributed by atoms with Gasteiger partial charge in [0.1, 0.15) is 11.5 Å². The summed E-state index contributed by atoms with van der Waals surface area (Å²) < 4.78 is 5.62. The van der Waals surface area contributed by atoms with Crippen LogP contribution >= 0.6 is 11.6 Å². The van der Waals surface area contributed by atoms with Gasteiger partial charge in [0.25, 0.3) is 5.69 Å². The number of anilines is 1. The molecule has 136 valence electrons. The first-order valence-corrected chi connectivity index (χ1v) is 7.98. The first kappa shape index (κ1) is 18.2. The third-order valence-corrected chi connectivity index (χ3v) is 3.90. The number of hydrogen-bond acceptors (Lipinski definition) is 6. The normalized spacial score (nSPS) is 10.9. The zero-order valence-corrected chi connectivity index (χ0v) is 14.4. The number of rotatable bonds is 6. The van der Waals surface area contributed by atoms with Crippen molar-refractivity contribution in [2.45, 2.75) is 0 Å². The van der Waals surface area contributed by atoms with E-state index in [-0.39, 0.29) is 11.3 Å². The second-order valence-corrected chi connectivity index (χ2v) is 5.78. The highest BCUT2D eigenvalue weighted by Crippen LogP contribution is 2.30. The van der Waals surface area contributed by atoms with Gasteiger partial charge in [0.15, 0.2) is 0 Å². The lowest BCUT2D eigenvalue weighted by atomic mass is 10.1. The van der Waals surface area contributed by atoms with E-state index in [1.807, 2.05) is 0 Å². The predicted octanol–water partition coefficient (Wildman–Crippen LogP) is 4.65. The summed E-state index contributed by atoms with van der Waals surface area (Å²) in [5, 5.41) is 24.1. The third kappa shape index (κ3) is 4.31. The molecule has 1 heterocycles. The van der Waals surface area contributed by atoms with Gasteiger partial charge in [-0.2, -0.15) is 5.10 Å². The van der Waals surface area contributed by atoms with Gasteiger partial charge in [0.05, 0.1) is 27.4 Å². The first-order valence-electron chi connectivity index (χ1n) is 7.60. The second kappa shape index (κ2) is 7.71. The van der Waals surface area contributed by atoms with E-state index >= 15 is 0 Å². The van der Waals surface area contributed by atoms with E-state index in [0.29, 0.717) is 27.8 Å². The molecule has 8 nitrogen and oxygen atoms in total. The maximum Gasteiger partial charge on any atom is 0.335 e. The van der Waals surface area contributed by atoms with Crippen molar-refractivity contribution in [2.24, 2.45) is 5.10 Å². The summed E-state index contributed by atoms with van der Waals surface area (Å²) in [7, 11) is 0. The summed E-state index contributed by atoms with van der Waals surface area (Å²) in [6, 6.07) is 13.4. The number of carboxylic acids is 1. The highest BCUT2D eigenvalue weighted by Gasteiger charge is 2.12. The smallest absolute Gasteiger partial charge is 0.335 e. The highest BCUT2D eigenvalue weighted by molar-refractivity contribution is 6.33. The van der Waals surface area contributed by atoms with Crippen LogP contribution in [0.4, 0.5) is 11.4 Å². The van der Waals surface area contributed by atoms with E-state index in [1.54, 1.807) is 12.1 Å². The summed E-state index contributed by atoms with van der Waals surface area (Å²) in [5.74, 6) is -0.246. The molecule has 1 aromatic heterocycles. The zero-order chi connectivity index (χ0) is 19.4. The molecule has 0 aliphatic rings. The molecule has 0 unspecified atom stereocenters. The number of nitrogens with zero attached hydrogens (tertiary/aromatic N) is 2. The van der Waals surface area contributed by atoms with Crippen molar-refractivity contribution in [1.29, 1.82) is 0 Å². The zero-order valence-electron chi connectivity index (χ0n) is 13.6. The number of halogens is 1. The quantitative estimate of drug-likeness (QED) is 0.362. The maximum absolute atomic E-state index is 11.1. The molecular weight excluding hydrogens is 374 g/mol. The van der Waals surface area contributed by atoms with Crippen LogP contribution in [0.2, 0.25) is 5.02 Å². The van der Waals surface area contributed by atoms with Crippen LogP contribution < -0.4 is 5.43 Å². The average Bonchev–Trinajstić information content (AvgIpc) is 3.11. The van der Waals surface area contributed by atoms with Gasteiger partial charge < -0.3 is 9.52 Å². The molecule has 0 radical (unpaired) electrons. The summed E-state index contributed by atoms with van der Waals surface area (Å²) in [6.45, 7) is 0. The molecule has 0 spiro atoms. The fourth-order valence-corrected chi connectivity index (χ4v) is 2.45. The molecule has 0 amide bonds. The van der Waals surface area contributed by atoms with Crippen LogP contribution in [0.25, 0.3) is 11.3 Å². The van der Waals surface area contributed by atoms with Crippen LogP contribution in [-0.4, -0.2) is 22.2 Å². The molecule has 3 rings (SSSR count). The SMILES string of the molecule is O=C(O)c1ccc(Cl)c(-c2ccc(/C=N\Nc3ccc([N+](=O)[O-])cc3)o2)c1. The van der Waals surface area contributed by atoms with Gasteiger partial charge in [-0.25, -0.2) is 4.79 Å². The monoisotopic (exact) mass is 385 g/mol. The van der Waals surface area contributed by atoms with E-state index in [0.717, 1.165) is 0 Å². The minimum Gasteiger partial charge on any atom is -0.478 e. The number of nitro benzene ring substituents is 1. The number of aromatic carboxylic acids is 1. The number of carboxylic acid groups (broad SMARTS) is 1. The molecule has 0 aliphatic carbocycles. The lowest BCUT2D eigenvalue weighted by molar-refractivity contribution is -0.384. The van der Waals surface area contributed by atoms with Gasteiger partial charge in [0, 0.05) is 17.7 Å². The summed E-state index contributed by atoms with van der Waals surface area (Å²) in [5.41, 5.74) is 3.84. The van der Waals surface area contributed by atoms with Crippen LogP contribution in [0.15, 0.2) is 64.1 Å². The molecule has 27 heavy (non-hydrogen) atoms. The van der Waals surface area contributed by atoms with Gasteiger partial charge in [-0.3, -0.25) is 15.5 Å². The van der Waals surface area contributed by atoms with E-state index in [1.165, 1.54) is 48.7 Å². The Kier molecular flexibility index (Phi) is 5.18. The third-order valence-electron chi connectivity index (χ3n) is 3.57. The van der Waals surface area contributed by atoms with Crippen LogP contribution in [0.5, 0.6) is 0 Å². The molecule has 0 aliphatic heterocycles. The van der Waals surface area contributed by atoms with Crippen molar-refractivity contribution in [3.05, 3.63) is 81.1 Å². The fraction of sp³-hybridized carbons (Fsp3) is 0. The molecule has 2 N–H and O–H groups in total. The number of nitro groups is 1. The minimum atomic E-state index is -1.06. The Morgan fingerprint density at radius 1 is 1.19 bits per heavy atom. The molecule has 0 bridgehead atoms. The Morgan fingerprint density at radius 3 is 2.59 bits per heavy atom. The summed E-state index contributed by atoms with van der Waals surface area (Å²) in [6.07, 6.45) is 1.42. The van der Waals surface area contributed by atoms with Gasteiger partial charge in [-0.1, -0.05) is 11.6 Å². The lowest BCUT2D eigenvalue weighted by Gasteiger charge is -2.02. The number of benzene rings is 2. The van der Waals surface area contributed by atoms with Crippen molar-refractivity contribution >= 4 is 35.2 Å². The average molecular weight is 386 g/mol. The number of carbonyl (C=O) groups is 1. The number of nitrogens with one attached hydrogen (secondary N) is 1. The van der Waals surface area contributed by atoms with Crippen molar-refractivity contribution in [2.75, 3.05) is 5.43 Å². The van der Waals surface area contributed by atoms with E-state index < -0.39 is 10.9 Å². The van der Waals surface area contributed by atoms with Crippen LogP contribution in [0.1, 0.15) is 16.1 Å². The minimum absolute atomic E-state index is 0.0133. The van der Waals surface area contributed by atoms with E-state index in [9.17, 15) is 14.9 Å². The van der Waals surface area contributed by atoms with Crippen molar-refractivity contribution in [1.82, 2.24) is 0 Å². The molecule has 0 saturated carbocycles. The molecule has 2 aromatic carbocycles. The fourth-order valence-electron chi connectivity index (χ4n) is 2.24. The molecule has 3 aromatic rings. The van der Waals surface area contributed by atoms with E-state index in [4.69, 9.17) is 21.1 Å². The Hall–Kier alpha value is -3.65. The highest BCUT2D eigenvalue weighted by atomic mass is 35.5. The molecule has 0 fully saturated rings. The second-order valence-electron chi connectivity index (χ2n) is 5.38. The summed E-state index contributed by atoms with van der Waals surface area (Å²) in [4.78, 5) is 21.2. The number of non-ortho nitro benzene ring substituents is 1. The van der Waals surface area contributed by atoms with Crippen molar-refractivity contribution < 1.29 is 19.2 Å². The van der Waals surface area contributed by atoms with Crippen LogP contribution in [0.3, 0.4) is 0 Å². The lowest BCUT2D eigenvalue weighted by Crippen LogP contribution is -1.96. The number of hydrogen-bond donors (Lipinski definition) is 2. The molecule has 0 saturated heterocycles. The predicted molar refractivity (Wildman–Crippen MR) is 100 cm³/mol. The number of furan rings is 1. The first-order chi connectivity index (χ1) is 12.9. The van der Waals surface area contributed by atoms with Gasteiger partial charge in [-0.05, 0) is 42.5 Å². The van der Waals surface area contributed by atoms with Crippen LogP contribution in [-0.2, 0) is 0 Å². The largest absolute Gasteiger partial charge is 0.478 e. The number of hydrazone groups is 1. The van der Waals surface area contributed by atoms with Crippen molar-refractivity contribution in [3.8, 4) is 11.3 Å². The molecule has 0 atom stereocenters. The standard InChI is InChI=1S/C18H12ClN3O5/c19-16-7-1-11(18(23)24)9-15(16)17-8-6-14(27-17)10-20-21-12-2-4-13(5-3-12)22(25)26/h1-10,21H,(H,23,24)/b20-10-. The molecular formula is C18H12ClN3O5. The Bertz CT molecular complexity index is 1030. The maximum atomic E-state index is 11.1. The Labute approximate surface area is 157 Å². The van der Waals surface area contributed by atoms with Crippen molar-refractivity contribution in [3.63, 3.8) is 0 Å². The van der Waals surface area contributed by atoms with E-state index in [2.05, 4.69) is 10.5 Å². The molecule has 9 heteroatoms. The topological polar surface area (TPSA) is 118 Å². The van der Waals surface area contributed by atoms with Gasteiger partial charge in [-0.15, -0.1) is 0 Å².